The summed E-state index contributed by atoms with van der Waals surface area (Å²) in [5, 5.41) is 0. The van der Waals surface area contributed by atoms with Gasteiger partial charge in [-0.2, -0.15) is 0 Å². The summed E-state index contributed by atoms with van der Waals surface area (Å²) in [5.74, 6) is 1.11. The number of nitrogens with two attached hydrogens (primary N) is 1. The maximum absolute atomic E-state index is 6.07. The molecule has 6 heteroatoms. The van der Waals surface area contributed by atoms with Gasteiger partial charge >= 0.3 is 0 Å². The van der Waals surface area contributed by atoms with Crippen LogP contribution < -0.4 is 15.4 Å². The van der Waals surface area contributed by atoms with E-state index in [2.05, 4.69) is 25.9 Å². The molecule has 1 aliphatic rings. The molecule has 108 valence electrons. The Balaban J connectivity index is 1.97. The minimum Gasteiger partial charge on any atom is -0.481 e. The predicted octanol–water partition coefficient (Wildman–Crippen LogP) is 2.73. The van der Waals surface area contributed by atoms with Gasteiger partial charge in [0.25, 0.3) is 0 Å². The van der Waals surface area contributed by atoms with Gasteiger partial charge in [-0.05, 0) is 39.7 Å². The van der Waals surface area contributed by atoms with E-state index < -0.39 is 0 Å². The zero-order valence-electron chi connectivity index (χ0n) is 11.5. The molecule has 0 spiro atoms. The second-order valence-corrected chi connectivity index (χ2v) is 5.52. The number of aliphatic imine (C=N–C) groups is 1. The Morgan fingerprint density at radius 2 is 2.10 bits per heavy atom. The molecule has 1 atom stereocenters. The van der Waals surface area contributed by atoms with Crippen molar-refractivity contribution in [2.45, 2.75) is 6.04 Å². The summed E-state index contributed by atoms with van der Waals surface area (Å²) in [6, 6.07) is 11.8. The largest absolute Gasteiger partial charge is 0.481 e. The third kappa shape index (κ3) is 2.58. The Bertz CT molecular complexity index is 672. The number of guanidine groups is 1. The first-order valence-corrected chi connectivity index (χ1v) is 7.33. The van der Waals surface area contributed by atoms with Crippen LogP contribution in [0, 0.1) is 0 Å². The quantitative estimate of drug-likeness (QED) is 0.927. The van der Waals surface area contributed by atoms with Gasteiger partial charge < -0.3 is 15.4 Å². The number of aromatic nitrogens is 1. The summed E-state index contributed by atoms with van der Waals surface area (Å²) in [7, 11) is 1.60. The number of benzene rings is 1. The molecule has 1 aromatic carbocycles. The first-order valence-electron chi connectivity index (χ1n) is 6.54. The van der Waals surface area contributed by atoms with Gasteiger partial charge in [-0.15, -0.1) is 0 Å². The molecule has 0 saturated heterocycles. The number of halogens is 1. The third-order valence-electron chi connectivity index (χ3n) is 3.45. The van der Waals surface area contributed by atoms with Crippen molar-refractivity contribution in [2.24, 2.45) is 10.7 Å². The lowest BCUT2D eigenvalue weighted by molar-refractivity contribution is 0.397. The molecule has 0 amide bonds. The molecule has 2 heterocycles. The smallest absolute Gasteiger partial charge is 0.212 e. The first-order chi connectivity index (χ1) is 10.2. The van der Waals surface area contributed by atoms with Crippen LogP contribution in [0.15, 0.2) is 52.1 Å². The lowest BCUT2D eigenvalue weighted by Crippen LogP contribution is -2.36. The third-order valence-corrected chi connectivity index (χ3v) is 4.12. The van der Waals surface area contributed by atoms with E-state index in [0.717, 1.165) is 15.7 Å². The van der Waals surface area contributed by atoms with Crippen molar-refractivity contribution < 1.29 is 4.74 Å². The van der Waals surface area contributed by atoms with E-state index in [1.807, 2.05) is 47.5 Å². The van der Waals surface area contributed by atoms with Crippen molar-refractivity contribution in [1.82, 2.24) is 4.98 Å². The number of pyridine rings is 1. The van der Waals surface area contributed by atoms with E-state index in [-0.39, 0.29) is 6.04 Å². The number of para-hydroxylation sites is 1. The summed E-state index contributed by atoms with van der Waals surface area (Å²) >= 11 is 3.57. The van der Waals surface area contributed by atoms with Gasteiger partial charge in [0, 0.05) is 16.7 Å². The van der Waals surface area contributed by atoms with Gasteiger partial charge in [0.2, 0.25) is 5.88 Å². The molecule has 0 bridgehead atoms. The van der Waals surface area contributed by atoms with Crippen LogP contribution in [-0.2, 0) is 0 Å². The maximum atomic E-state index is 6.07. The Hall–Kier alpha value is -2.08. The minimum atomic E-state index is 0.0436. The number of nitrogens with zero attached hydrogens (tertiary/aromatic N) is 3. The Morgan fingerprint density at radius 1 is 1.29 bits per heavy atom. The van der Waals surface area contributed by atoms with Gasteiger partial charge in [-0.3, -0.25) is 4.99 Å². The lowest BCUT2D eigenvalue weighted by Gasteiger charge is -2.27. The van der Waals surface area contributed by atoms with E-state index in [1.54, 1.807) is 7.11 Å². The molecule has 0 radical (unpaired) electrons. The van der Waals surface area contributed by atoms with Gasteiger partial charge in [0.1, 0.15) is 0 Å². The number of anilines is 1. The fraction of sp³-hybridized carbons (Fsp3) is 0.200. The van der Waals surface area contributed by atoms with Gasteiger partial charge in [0.05, 0.1) is 25.4 Å². The lowest BCUT2D eigenvalue weighted by atomic mass is 10.1. The number of methoxy groups -OCH3 is 1. The zero-order valence-corrected chi connectivity index (χ0v) is 13.1. The highest BCUT2D eigenvalue weighted by Gasteiger charge is 2.30. The normalized spacial score (nSPS) is 17.7. The molecule has 0 aliphatic carbocycles. The van der Waals surface area contributed by atoms with Crippen molar-refractivity contribution in [3.05, 3.63) is 52.6 Å². The molecule has 1 aliphatic heterocycles. The number of hydrogen-bond donors (Lipinski definition) is 1. The monoisotopic (exact) mass is 346 g/mol. The molecule has 0 fully saturated rings. The Kier molecular flexibility index (Phi) is 3.79. The van der Waals surface area contributed by atoms with Crippen LogP contribution in [0.5, 0.6) is 5.88 Å². The van der Waals surface area contributed by atoms with Crippen LogP contribution in [-0.4, -0.2) is 24.6 Å². The van der Waals surface area contributed by atoms with Gasteiger partial charge in [-0.1, -0.05) is 12.1 Å². The molecule has 3 rings (SSSR count). The highest BCUT2D eigenvalue weighted by atomic mass is 79.9. The predicted molar refractivity (Wildman–Crippen MR) is 86.6 cm³/mol. The van der Waals surface area contributed by atoms with Crippen molar-refractivity contribution in [3.8, 4) is 5.88 Å². The van der Waals surface area contributed by atoms with E-state index >= 15 is 0 Å². The Labute approximate surface area is 131 Å². The second-order valence-electron chi connectivity index (χ2n) is 4.67. The van der Waals surface area contributed by atoms with Crippen LogP contribution in [0.4, 0.5) is 5.69 Å². The maximum Gasteiger partial charge on any atom is 0.212 e. The average molecular weight is 347 g/mol. The van der Waals surface area contributed by atoms with Gasteiger partial charge in [-0.25, -0.2) is 4.98 Å². The van der Waals surface area contributed by atoms with E-state index in [9.17, 15) is 0 Å². The molecule has 1 unspecified atom stereocenters. The molecule has 2 N–H and O–H groups in total. The van der Waals surface area contributed by atoms with Crippen LogP contribution in [0.2, 0.25) is 0 Å². The van der Waals surface area contributed by atoms with Crippen molar-refractivity contribution in [2.75, 3.05) is 18.6 Å². The first kappa shape index (κ1) is 13.9. The molecule has 21 heavy (non-hydrogen) atoms. The molecular weight excluding hydrogens is 332 g/mol. The molecule has 5 nitrogen and oxygen atoms in total. The molecular formula is C15H15BrN4O. The molecule has 1 aromatic heterocycles. The van der Waals surface area contributed by atoms with Crippen molar-refractivity contribution in [3.63, 3.8) is 0 Å². The number of hydrogen-bond acceptors (Lipinski definition) is 5. The highest BCUT2D eigenvalue weighted by molar-refractivity contribution is 9.10. The van der Waals surface area contributed by atoms with Gasteiger partial charge in [0.15, 0.2) is 5.96 Å². The minimum absolute atomic E-state index is 0.0436. The zero-order chi connectivity index (χ0) is 14.8. The van der Waals surface area contributed by atoms with Crippen LogP contribution in [0.1, 0.15) is 11.6 Å². The average Bonchev–Trinajstić information content (AvgIpc) is 2.89. The molecule has 2 aromatic rings. The summed E-state index contributed by atoms with van der Waals surface area (Å²) in [5.41, 5.74) is 8.12. The second kappa shape index (κ2) is 5.73. The fourth-order valence-electron chi connectivity index (χ4n) is 2.40. The van der Waals surface area contributed by atoms with Crippen molar-refractivity contribution >= 4 is 27.6 Å². The summed E-state index contributed by atoms with van der Waals surface area (Å²) in [6.45, 7) is 0.612. The van der Waals surface area contributed by atoms with E-state index in [1.165, 1.54) is 0 Å². The molecule has 0 saturated carbocycles. The summed E-state index contributed by atoms with van der Waals surface area (Å²) < 4.78 is 6.08. The van der Waals surface area contributed by atoms with E-state index in [0.29, 0.717) is 18.4 Å². The topological polar surface area (TPSA) is 63.7 Å². The van der Waals surface area contributed by atoms with Crippen LogP contribution in [0.25, 0.3) is 0 Å². The summed E-state index contributed by atoms with van der Waals surface area (Å²) in [6.07, 6.45) is 1.81. The van der Waals surface area contributed by atoms with Crippen LogP contribution in [0.3, 0.4) is 0 Å². The standard InChI is InChI=1S/C15H15BrN4O/c1-21-14-7-6-10(8-18-14)13-9-19-15(17)20(13)12-5-3-2-4-11(12)16/h2-8,13H,9H2,1H3,(H2,17,19). The van der Waals surface area contributed by atoms with Crippen molar-refractivity contribution in [1.29, 1.82) is 0 Å². The van der Waals surface area contributed by atoms with Crippen LogP contribution >= 0.6 is 15.9 Å². The number of rotatable bonds is 3. The highest BCUT2D eigenvalue weighted by Crippen LogP contribution is 2.35. The SMILES string of the molecule is COc1ccc(C2CN=C(N)N2c2ccccc2Br)cn1. The summed E-state index contributed by atoms with van der Waals surface area (Å²) in [4.78, 5) is 10.7. The Morgan fingerprint density at radius 3 is 2.76 bits per heavy atom. The van der Waals surface area contributed by atoms with E-state index in [4.69, 9.17) is 10.5 Å². The number of ether oxygens (including phenoxy) is 1. The fourth-order valence-corrected chi connectivity index (χ4v) is 2.88.